The first kappa shape index (κ1) is 12.4. The molecule has 0 rings (SSSR count). The number of hydrogen-bond acceptors (Lipinski definition) is 3. The summed E-state index contributed by atoms with van der Waals surface area (Å²) in [5.74, 6) is 0.0120. The van der Waals surface area contributed by atoms with Gasteiger partial charge in [0.05, 0.1) is 6.10 Å². The van der Waals surface area contributed by atoms with Crippen LogP contribution in [0.4, 0.5) is 0 Å². The number of carbonyl (C=O) groups excluding carboxylic acids is 1. The largest absolute Gasteiger partial charge is 0.392 e. The number of rotatable bonds is 7. The Kier molecular flexibility index (Phi) is 7.63. The van der Waals surface area contributed by atoms with Crippen molar-refractivity contribution >= 4 is 5.91 Å². The van der Waals surface area contributed by atoms with Crippen molar-refractivity contribution in [2.24, 2.45) is 5.73 Å². The van der Waals surface area contributed by atoms with Crippen LogP contribution in [0, 0.1) is 0 Å². The van der Waals surface area contributed by atoms with Crippen LogP contribution >= 0.6 is 0 Å². The van der Waals surface area contributed by atoms with E-state index in [-0.39, 0.29) is 5.91 Å². The van der Waals surface area contributed by atoms with Gasteiger partial charge < -0.3 is 16.2 Å². The third-order valence-corrected chi connectivity index (χ3v) is 1.70. The van der Waals surface area contributed by atoms with Gasteiger partial charge in [-0.1, -0.05) is 6.42 Å². The van der Waals surface area contributed by atoms with E-state index in [1.54, 1.807) is 6.92 Å². The van der Waals surface area contributed by atoms with Crippen LogP contribution in [0.3, 0.4) is 0 Å². The van der Waals surface area contributed by atoms with Gasteiger partial charge in [0.1, 0.15) is 0 Å². The number of aliphatic hydroxyl groups excluding tert-OH is 1. The molecule has 0 aromatic rings. The number of nitrogens with one attached hydrogen (secondary N) is 1. The minimum atomic E-state index is -0.465. The van der Waals surface area contributed by atoms with E-state index in [4.69, 9.17) is 10.8 Å². The van der Waals surface area contributed by atoms with Crippen molar-refractivity contribution in [1.29, 1.82) is 0 Å². The second kappa shape index (κ2) is 8.01. The normalized spacial score (nSPS) is 12.5. The highest BCUT2D eigenvalue weighted by Crippen LogP contribution is 1.97. The molecule has 1 amide bonds. The molecule has 0 fully saturated rings. The summed E-state index contributed by atoms with van der Waals surface area (Å²) in [4.78, 5) is 11.1. The van der Waals surface area contributed by atoms with Crippen LogP contribution in [-0.2, 0) is 4.79 Å². The molecule has 0 bridgehead atoms. The van der Waals surface area contributed by atoms with E-state index >= 15 is 0 Å². The summed E-state index contributed by atoms with van der Waals surface area (Å²) in [5.41, 5.74) is 5.31. The minimum Gasteiger partial charge on any atom is -0.392 e. The van der Waals surface area contributed by atoms with Crippen LogP contribution in [0.2, 0.25) is 0 Å². The van der Waals surface area contributed by atoms with Crippen LogP contribution in [0.25, 0.3) is 0 Å². The molecule has 4 N–H and O–H groups in total. The average Bonchev–Trinajstić information content (AvgIpc) is 2.09. The first-order chi connectivity index (χ1) is 6.16. The predicted molar refractivity (Wildman–Crippen MR) is 52.2 cm³/mol. The molecule has 0 aromatic heterocycles. The summed E-state index contributed by atoms with van der Waals surface area (Å²) in [6.07, 6.45) is 2.92. The lowest BCUT2D eigenvalue weighted by molar-refractivity contribution is -0.121. The molecule has 0 unspecified atom stereocenters. The van der Waals surface area contributed by atoms with Crippen molar-refractivity contribution in [2.75, 3.05) is 13.1 Å². The molecule has 0 aliphatic rings. The van der Waals surface area contributed by atoms with Crippen LogP contribution in [0.5, 0.6) is 0 Å². The summed E-state index contributed by atoms with van der Waals surface area (Å²) in [5, 5.41) is 11.5. The summed E-state index contributed by atoms with van der Waals surface area (Å²) in [6, 6.07) is 0. The molecule has 1 atom stereocenters. The first-order valence-electron chi connectivity index (χ1n) is 4.81. The van der Waals surface area contributed by atoms with Crippen molar-refractivity contribution in [3.8, 4) is 0 Å². The zero-order chi connectivity index (χ0) is 10.1. The molecule has 0 heterocycles. The maximum atomic E-state index is 11.1. The maximum absolute atomic E-state index is 11.1. The Bertz CT molecular complexity index is 138. The highest BCUT2D eigenvalue weighted by molar-refractivity contribution is 5.75. The van der Waals surface area contributed by atoms with Gasteiger partial charge in [-0.2, -0.15) is 0 Å². The summed E-state index contributed by atoms with van der Waals surface area (Å²) < 4.78 is 0. The molecule has 0 aliphatic carbocycles. The fraction of sp³-hybridized carbons (Fsp3) is 0.889. The zero-order valence-electron chi connectivity index (χ0n) is 8.25. The molecular formula is C9H20N2O2. The Morgan fingerprint density at radius 3 is 2.69 bits per heavy atom. The first-order valence-corrected chi connectivity index (χ1v) is 4.81. The van der Waals surface area contributed by atoms with Crippen LogP contribution in [0.15, 0.2) is 0 Å². The number of unbranched alkanes of at least 4 members (excludes halogenated alkanes) is 2. The van der Waals surface area contributed by atoms with Crippen LogP contribution < -0.4 is 11.1 Å². The van der Waals surface area contributed by atoms with E-state index in [2.05, 4.69) is 5.32 Å². The third kappa shape index (κ3) is 9.30. The van der Waals surface area contributed by atoms with Gasteiger partial charge in [-0.3, -0.25) is 4.79 Å². The standard InChI is InChI=1S/C9H20N2O2/c1-8(12)7-11-9(13)5-3-2-4-6-10/h8,12H,2-7,10H2,1H3,(H,11,13)/t8-/m1/s1. The number of hydrogen-bond donors (Lipinski definition) is 3. The van der Waals surface area contributed by atoms with Gasteiger partial charge >= 0.3 is 0 Å². The van der Waals surface area contributed by atoms with Crippen molar-refractivity contribution < 1.29 is 9.90 Å². The Morgan fingerprint density at radius 1 is 1.46 bits per heavy atom. The van der Waals surface area contributed by atoms with Gasteiger partial charge in [0, 0.05) is 13.0 Å². The fourth-order valence-electron chi connectivity index (χ4n) is 0.957. The Labute approximate surface area is 79.5 Å². The summed E-state index contributed by atoms with van der Waals surface area (Å²) in [6.45, 7) is 2.68. The van der Waals surface area contributed by atoms with Gasteiger partial charge in [-0.25, -0.2) is 0 Å². The van der Waals surface area contributed by atoms with Gasteiger partial charge in [-0.05, 0) is 26.3 Å². The quantitative estimate of drug-likeness (QED) is 0.492. The van der Waals surface area contributed by atoms with Crippen LogP contribution in [-0.4, -0.2) is 30.2 Å². The van der Waals surface area contributed by atoms with E-state index < -0.39 is 6.10 Å². The molecule has 4 heteroatoms. The number of carbonyl (C=O) groups is 1. The lowest BCUT2D eigenvalue weighted by Crippen LogP contribution is -2.30. The van der Waals surface area contributed by atoms with Crippen molar-refractivity contribution in [2.45, 2.75) is 38.7 Å². The SMILES string of the molecule is C[C@@H](O)CNC(=O)CCCCCN. The third-order valence-electron chi connectivity index (χ3n) is 1.70. The van der Waals surface area contributed by atoms with Gasteiger partial charge in [-0.15, -0.1) is 0 Å². The molecule has 78 valence electrons. The van der Waals surface area contributed by atoms with E-state index in [0.717, 1.165) is 19.3 Å². The lowest BCUT2D eigenvalue weighted by atomic mass is 10.2. The van der Waals surface area contributed by atoms with Crippen molar-refractivity contribution in [1.82, 2.24) is 5.32 Å². The van der Waals surface area contributed by atoms with Crippen LogP contribution in [0.1, 0.15) is 32.6 Å². The number of aliphatic hydroxyl groups is 1. The Balaban J connectivity index is 3.20. The summed E-state index contributed by atoms with van der Waals surface area (Å²) in [7, 11) is 0. The minimum absolute atomic E-state index is 0.0120. The molecule has 13 heavy (non-hydrogen) atoms. The molecular weight excluding hydrogens is 168 g/mol. The lowest BCUT2D eigenvalue weighted by Gasteiger charge is -2.06. The Morgan fingerprint density at radius 2 is 2.15 bits per heavy atom. The highest BCUT2D eigenvalue weighted by atomic mass is 16.3. The van der Waals surface area contributed by atoms with E-state index in [9.17, 15) is 4.79 Å². The second-order valence-corrected chi connectivity index (χ2v) is 3.25. The van der Waals surface area contributed by atoms with Crippen molar-refractivity contribution in [3.63, 3.8) is 0 Å². The zero-order valence-corrected chi connectivity index (χ0v) is 8.25. The smallest absolute Gasteiger partial charge is 0.220 e. The topological polar surface area (TPSA) is 75.3 Å². The van der Waals surface area contributed by atoms with Gasteiger partial charge in [0.15, 0.2) is 0 Å². The molecule has 0 aliphatic heterocycles. The second-order valence-electron chi connectivity index (χ2n) is 3.25. The monoisotopic (exact) mass is 188 g/mol. The molecule has 0 saturated carbocycles. The Hall–Kier alpha value is -0.610. The molecule has 0 aromatic carbocycles. The predicted octanol–water partition coefficient (Wildman–Crippen LogP) is 0.00250. The molecule has 0 saturated heterocycles. The average molecular weight is 188 g/mol. The maximum Gasteiger partial charge on any atom is 0.220 e. The van der Waals surface area contributed by atoms with E-state index in [1.165, 1.54) is 0 Å². The van der Waals surface area contributed by atoms with E-state index in [1.807, 2.05) is 0 Å². The fourth-order valence-corrected chi connectivity index (χ4v) is 0.957. The van der Waals surface area contributed by atoms with Crippen molar-refractivity contribution in [3.05, 3.63) is 0 Å². The van der Waals surface area contributed by atoms with Gasteiger partial charge in [0.2, 0.25) is 5.91 Å². The molecule has 0 radical (unpaired) electrons. The van der Waals surface area contributed by atoms with E-state index in [0.29, 0.717) is 19.5 Å². The van der Waals surface area contributed by atoms with Gasteiger partial charge in [0.25, 0.3) is 0 Å². The summed E-state index contributed by atoms with van der Waals surface area (Å²) >= 11 is 0. The number of amides is 1. The molecule has 0 spiro atoms. The highest BCUT2D eigenvalue weighted by Gasteiger charge is 2.01. The number of nitrogens with two attached hydrogens (primary N) is 1. The molecule has 4 nitrogen and oxygen atoms in total.